The first-order chi connectivity index (χ1) is 15.7. The van der Waals surface area contributed by atoms with Crippen LogP contribution in [0.1, 0.15) is 11.4 Å². The second-order valence-corrected chi connectivity index (χ2v) is 7.46. The Balaban J connectivity index is 1.37. The number of azo groups is 1. The van der Waals surface area contributed by atoms with E-state index in [9.17, 15) is 0 Å². The van der Waals surface area contributed by atoms with Crippen LogP contribution in [0.3, 0.4) is 0 Å². The van der Waals surface area contributed by atoms with Crippen molar-refractivity contribution in [1.29, 1.82) is 0 Å². The molecule has 6 nitrogen and oxygen atoms in total. The van der Waals surface area contributed by atoms with Crippen molar-refractivity contribution in [3.8, 4) is 11.5 Å². The molecule has 0 atom stereocenters. The minimum absolute atomic E-state index is 0.328. The number of hydrogen-bond donors (Lipinski definition) is 0. The van der Waals surface area contributed by atoms with E-state index < -0.39 is 0 Å². The van der Waals surface area contributed by atoms with Crippen LogP contribution in [0.15, 0.2) is 95.4 Å². The van der Waals surface area contributed by atoms with Gasteiger partial charge in [-0.15, -0.1) is 0 Å². The van der Waals surface area contributed by atoms with Crippen LogP contribution in [-0.2, 0) is 13.2 Å². The fraction of sp³-hybridized carbons (Fsp3) is 0.0833. The Labute approximate surface area is 195 Å². The van der Waals surface area contributed by atoms with Gasteiger partial charge in [0.05, 0.1) is 32.8 Å². The zero-order chi connectivity index (χ0) is 22.2. The molecule has 4 rings (SSSR count). The van der Waals surface area contributed by atoms with Crippen LogP contribution >= 0.6 is 23.2 Å². The predicted molar refractivity (Wildman–Crippen MR) is 124 cm³/mol. The summed E-state index contributed by atoms with van der Waals surface area (Å²) < 4.78 is 11.4. The summed E-state index contributed by atoms with van der Waals surface area (Å²) in [5.74, 6) is 1.10. The van der Waals surface area contributed by atoms with Crippen molar-refractivity contribution in [1.82, 2.24) is 9.97 Å². The zero-order valence-electron chi connectivity index (χ0n) is 16.9. The second-order valence-electron chi connectivity index (χ2n) is 6.65. The van der Waals surface area contributed by atoms with Crippen LogP contribution in [0.2, 0.25) is 10.0 Å². The van der Waals surface area contributed by atoms with Crippen molar-refractivity contribution in [2.45, 2.75) is 13.2 Å². The van der Waals surface area contributed by atoms with Crippen LogP contribution in [0.5, 0.6) is 11.5 Å². The van der Waals surface area contributed by atoms with E-state index >= 15 is 0 Å². The van der Waals surface area contributed by atoms with Crippen molar-refractivity contribution >= 4 is 34.6 Å². The summed E-state index contributed by atoms with van der Waals surface area (Å²) in [5.41, 5.74) is 2.81. The first-order valence-corrected chi connectivity index (χ1v) is 10.5. The summed E-state index contributed by atoms with van der Waals surface area (Å²) in [5, 5.41) is 9.33. The summed E-state index contributed by atoms with van der Waals surface area (Å²) in [4.78, 5) is 8.44. The Morgan fingerprint density at radius 3 is 1.47 bits per heavy atom. The summed E-state index contributed by atoms with van der Waals surface area (Å²) in [6.07, 6.45) is 3.43. The predicted octanol–water partition coefficient (Wildman–Crippen LogP) is 7.36. The molecule has 2 aromatic heterocycles. The van der Waals surface area contributed by atoms with Gasteiger partial charge in [0.25, 0.3) is 0 Å². The molecule has 2 heterocycles. The molecule has 0 saturated carbocycles. The molecule has 0 aliphatic heterocycles. The van der Waals surface area contributed by atoms with Gasteiger partial charge >= 0.3 is 0 Å². The molecule has 32 heavy (non-hydrogen) atoms. The van der Waals surface area contributed by atoms with Crippen molar-refractivity contribution < 1.29 is 9.47 Å². The number of pyridine rings is 2. The Morgan fingerprint density at radius 2 is 1.09 bits per heavy atom. The Kier molecular flexibility index (Phi) is 7.27. The highest BCUT2D eigenvalue weighted by Crippen LogP contribution is 2.32. The van der Waals surface area contributed by atoms with E-state index in [-0.39, 0.29) is 0 Å². The van der Waals surface area contributed by atoms with E-state index in [1.54, 1.807) is 48.8 Å². The summed E-state index contributed by atoms with van der Waals surface area (Å²) in [7, 11) is 0. The number of ether oxygens (including phenoxy) is 2. The van der Waals surface area contributed by atoms with Gasteiger partial charge in [-0.1, -0.05) is 35.3 Å². The average Bonchev–Trinajstić information content (AvgIpc) is 2.83. The normalized spacial score (nSPS) is 10.9. The lowest BCUT2D eigenvalue weighted by atomic mass is 10.3. The summed E-state index contributed by atoms with van der Waals surface area (Å²) in [6, 6.07) is 21.7. The van der Waals surface area contributed by atoms with Crippen LogP contribution in [0.4, 0.5) is 11.4 Å². The Hall–Kier alpha value is -3.48. The minimum Gasteiger partial charge on any atom is -0.486 e. The lowest BCUT2D eigenvalue weighted by molar-refractivity contribution is 0.301. The van der Waals surface area contributed by atoms with E-state index in [0.29, 0.717) is 46.1 Å². The first-order valence-electron chi connectivity index (χ1n) is 9.73. The molecule has 0 amide bonds. The van der Waals surface area contributed by atoms with Crippen molar-refractivity contribution in [3.05, 3.63) is 107 Å². The Morgan fingerprint density at radius 1 is 0.625 bits per heavy atom. The molecule has 0 spiro atoms. The maximum absolute atomic E-state index is 6.32. The van der Waals surface area contributed by atoms with E-state index in [0.717, 1.165) is 11.4 Å². The molecule has 0 unspecified atom stereocenters. The fourth-order valence-corrected chi connectivity index (χ4v) is 3.18. The molecule has 0 aliphatic rings. The van der Waals surface area contributed by atoms with Crippen LogP contribution in [0, 0.1) is 0 Å². The monoisotopic (exact) mass is 464 g/mol. The van der Waals surface area contributed by atoms with Crippen LogP contribution in [-0.4, -0.2) is 9.97 Å². The lowest BCUT2D eigenvalue weighted by Gasteiger charge is -2.08. The molecule has 0 aliphatic carbocycles. The fourth-order valence-electron chi connectivity index (χ4n) is 2.72. The van der Waals surface area contributed by atoms with Gasteiger partial charge < -0.3 is 9.47 Å². The molecule has 8 heteroatoms. The van der Waals surface area contributed by atoms with Gasteiger partial charge in [-0.25, -0.2) is 0 Å². The zero-order valence-corrected chi connectivity index (χ0v) is 18.4. The highest BCUT2D eigenvalue weighted by atomic mass is 35.5. The van der Waals surface area contributed by atoms with Gasteiger partial charge in [-0.05, 0) is 60.7 Å². The molecular formula is C24H18Cl2N4O2. The van der Waals surface area contributed by atoms with Gasteiger partial charge in [0.2, 0.25) is 0 Å². The molecule has 0 fully saturated rings. The third-order valence-corrected chi connectivity index (χ3v) is 4.91. The number of hydrogen-bond acceptors (Lipinski definition) is 6. The molecule has 0 bridgehead atoms. The summed E-state index contributed by atoms with van der Waals surface area (Å²) in [6.45, 7) is 0.656. The van der Waals surface area contributed by atoms with Gasteiger partial charge in [0, 0.05) is 12.4 Å². The van der Waals surface area contributed by atoms with Crippen molar-refractivity contribution in [2.75, 3.05) is 0 Å². The topological polar surface area (TPSA) is 69.0 Å². The van der Waals surface area contributed by atoms with Gasteiger partial charge in [0.15, 0.2) is 0 Å². The van der Waals surface area contributed by atoms with Crippen LogP contribution < -0.4 is 9.47 Å². The number of rotatable bonds is 8. The average molecular weight is 465 g/mol. The number of aromatic nitrogens is 2. The van der Waals surface area contributed by atoms with Crippen molar-refractivity contribution in [3.63, 3.8) is 0 Å². The highest BCUT2D eigenvalue weighted by molar-refractivity contribution is 6.32. The van der Waals surface area contributed by atoms with Crippen molar-refractivity contribution in [2.24, 2.45) is 10.2 Å². The molecule has 0 radical (unpaired) electrons. The maximum atomic E-state index is 6.32. The van der Waals surface area contributed by atoms with Gasteiger partial charge in [-0.2, -0.15) is 10.2 Å². The second kappa shape index (κ2) is 10.7. The molecule has 160 valence electrons. The minimum atomic E-state index is 0.328. The first kappa shape index (κ1) is 21.7. The number of nitrogens with zero attached hydrogens (tertiary/aromatic N) is 4. The van der Waals surface area contributed by atoms with Crippen LogP contribution in [0.25, 0.3) is 0 Å². The lowest BCUT2D eigenvalue weighted by Crippen LogP contribution is -1.97. The molecule has 2 aromatic carbocycles. The number of benzene rings is 2. The molecule has 4 aromatic rings. The van der Waals surface area contributed by atoms with E-state index in [2.05, 4.69) is 20.2 Å². The smallest absolute Gasteiger partial charge is 0.138 e. The SMILES string of the molecule is Clc1cc(N=Nc2ccc(OCc3ccccn3)c(Cl)c2)ccc1OCc1ccccn1. The largest absolute Gasteiger partial charge is 0.486 e. The summed E-state index contributed by atoms with van der Waals surface area (Å²) >= 11 is 12.6. The molecule has 0 N–H and O–H groups in total. The maximum Gasteiger partial charge on any atom is 0.138 e. The van der Waals surface area contributed by atoms with E-state index in [1.807, 2.05) is 36.4 Å². The van der Waals surface area contributed by atoms with E-state index in [1.165, 1.54) is 0 Å². The molecular weight excluding hydrogens is 447 g/mol. The Bertz CT molecular complexity index is 1110. The van der Waals surface area contributed by atoms with E-state index in [4.69, 9.17) is 32.7 Å². The third-order valence-electron chi connectivity index (χ3n) is 4.32. The standard InChI is InChI=1S/C24H18Cl2N4O2/c25-21-13-17(7-9-23(21)31-15-19-5-1-3-11-27-19)29-30-18-8-10-24(22(26)14-18)32-16-20-6-2-4-12-28-20/h1-14H,15-16H2. The third kappa shape index (κ3) is 6.03. The number of halogens is 2. The van der Waals surface area contributed by atoms with Gasteiger partial charge in [-0.3, -0.25) is 9.97 Å². The van der Waals surface area contributed by atoms with Gasteiger partial charge in [0.1, 0.15) is 24.7 Å². The highest BCUT2D eigenvalue weighted by Gasteiger charge is 2.06. The quantitative estimate of drug-likeness (QED) is 0.255. The molecule has 0 saturated heterocycles.